The van der Waals surface area contributed by atoms with Crippen molar-refractivity contribution in [2.45, 2.75) is 25.7 Å². The summed E-state index contributed by atoms with van der Waals surface area (Å²) in [5.74, 6) is -1.23. The number of nitrogens with zero attached hydrogens (tertiary/aromatic N) is 1. The van der Waals surface area contributed by atoms with E-state index in [1.54, 1.807) is 18.5 Å². The van der Waals surface area contributed by atoms with Crippen molar-refractivity contribution < 1.29 is 9.90 Å². The predicted molar refractivity (Wildman–Crippen MR) is 57.2 cm³/mol. The van der Waals surface area contributed by atoms with E-state index in [0.717, 1.165) is 16.5 Å². The van der Waals surface area contributed by atoms with Gasteiger partial charge in [-0.3, -0.25) is 9.78 Å². The van der Waals surface area contributed by atoms with Crippen molar-refractivity contribution in [3.05, 3.63) is 28.5 Å². The molecule has 0 saturated carbocycles. The van der Waals surface area contributed by atoms with E-state index in [-0.39, 0.29) is 0 Å². The van der Waals surface area contributed by atoms with Crippen LogP contribution in [-0.4, -0.2) is 16.1 Å². The maximum absolute atomic E-state index is 11.0. The Hall–Kier alpha value is -0.900. The van der Waals surface area contributed by atoms with Gasteiger partial charge in [0.05, 0.1) is 5.92 Å². The standard InChI is InChI=1S/C10H12BrNO2/c1-2-3-9(10(13)14)7-4-8(11)6-12-5-7/h4-6,9H,2-3H2,1H3,(H,13,14). The number of carboxylic acid groups (broad SMARTS) is 1. The molecule has 1 aromatic heterocycles. The summed E-state index contributed by atoms with van der Waals surface area (Å²) >= 11 is 3.28. The Morgan fingerprint density at radius 1 is 1.64 bits per heavy atom. The molecule has 0 saturated heterocycles. The molecule has 1 unspecified atom stereocenters. The van der Waals surface area contributed by atoms with Gasteiger partial charge in [0.25, 0.3) is 0 Å². The fourth-order valence-electron chi connectivity index (χ4n) is 1.34. The number of carbonyl (C=O) groups is 1. The summed E-state index contributed by atoms with van der Waals surface area (Å²) in [6.45, 7) is 1.97. The van der Waals surface area contributed by atoms with E-state index in [1.165, 1.54) is 0 Å². The van der Waals surface area contributed by atoms with E-state index in [0.29, 0.717) is 6.42 Å². The Morgan fingerprint density at radius 3 is 2.86 bits per heavy atom. The van der Waals surface area contributed by atoms with Crippen molar-refractivity contribution in [1.82, 2.24) is 4.98 Å². The third-order valence-corrected chi connectivity index (χ3v) is 2.44. The number of carboxylic acids is 1. The maximum Gasteiger partial charge on any atom is 0.311 e. The van der Waals surface area contributed by atoms with Crippen LogP contribution in [0.4, 0.5) is 0 Å². The zero-order chi connectivity index (χ0) is 10.6. The smallest absolute Gasteiger partial charge is 0.311 e. The molecule has 0 radical (unpaired) electrons. The van der Waals surface area contributed by atoms with Crippen LogP contribution < -0.4 is 0 Å². The van der Waals surface area contributed by atoms with Crippen molar-refractivity contribution in [2.75, 3.05) is 0 Å². The highest BCUT2D eigenvalue weighted by atomic mass is 79.9. The van der Waals surface area contributed by atoms with Gasteiger partial charge in [0, 0.05) is 16.9 Å². The molecule has 1 aromatic rings. The molecule has 0 spiro atoms. The lowest BCUT2D eigenvalue weighted by atomic mass is 9.96. The van der Waals surface area contributed by atoms with Crippen LogP contribution in [0.5, 0.6) is 0 Å². The maximum atomic E-state index is 11.0. The summed E-state index contributed by atoms with van der Waals surface area (Å²) < 4.78 is 0.817. The summed E-state index contributed by atoms with van der Waals surface area (Å²) in [5.41, 5.74) is 0.758. The molecule has 0 amide bonds. The van der Waals surface area contributed by atoms with E-state index in [2.05, 4.69) is 20.9 Å². The van der Waals surface area contributed by atoms with E-state index in [4.69, 9.17) is 5.11 Å². The Labute approximate surface area is 91.3 Å². The van der Waals surface area contributed by atoms with Gasteiger partial charge in [-0.2, -0.15) is 0 Å². The van der Waals surface area contributed by atoms with Gasteiger partial charge in [-0.25, -0.2) is 0 Å². The Morgan fingerprint density at radius 2 is 2.36 bits per heavy atom. The van der Waals surface area contributed by atoms with Crippen molar-refractivity contribution in [3.63, 3.8) is 0 Å². The molecule has 1 heterocycles. The molecule has 0 aliphatic heterocycles. The predicted octanol–water partition coefficient (Wildman–Crippen LogP) is 2.81. The van der Waals surface area contributed by atoms with Crippen molar-refractivity contribution in [3.8, 4) is 0 Å². The molecular formula is C10H12BrNO2. The van der Waals surface area contributed by atoms with Crippen LogP contribution in [0, 0.1) is 0 Å². The normalized spacial score (nSPS) is 12.4. The molecule has 0 fully saturated rings. The molecule has 0 aliphatic carbocycles. The van der Waals surface area contributed by atoms with Gasteiger partial charge in [0.15, 0.2) is 0 Å². The Bertz CT molecular complexity index is 328. The van der Waals surface area contributed by atoms with E-state index in [9.17, 15) is 4.79 Å². The zero-order valence-corrected chi connectivity index (χ0v) is 9.49. The molecule has 0 bridgehead atoms. The number of aromatic nitrogens is 1. The van der Waals surface area contributed by atoms with Crippen LogP contribution in [0.3, 0.4) is 0 Å². The highest BCUT2D eigenvalue weighted by Gasteiger charge is 2.18. The third kappa shape index (κ3) is 2.80. The molecular weight excluding hydrogens is 246 g/mol. The van der Waals surface area contributed by atoms with Crippen LogP contribution in [0.25, 0.3) is 0 Å². The number of rotatable bonds is 4. The summed E-state index contributed by atoms with van der Waals surface area (Å²) in [4.78, 5) is 14.9. The first-order chi connectivity index (χ1) is 6.65. The number of aliphatic carboxylic acids is 1. The monoisotopic (exact) mass is 257 g/mol. The van der Waals surface area contributed by atoms with Gasteiger partial charge in [-0.05, 0) is 34.0 Å². The molecule has 0 aromatic carbocycles. The average Bonchev–Trinajstić information content (AvgIpc) is 2.13. The lowest BCUT2D eigenvalue weighted by Gasteiger charge is -2.10. The quantitative estimate of drug-likeness (QED) is 0.903. The zero-order valence-electron chi connectivity index (χ0n) is 7.90. The molecule has 4 heteroatoms. The molecule has 0 aliphatic rings. The SMILES string of the molecule is CCCC(C(=O)O)c1cncc(Br)c1. The van der Waals surface area contributed by atoms with Crippen LogP contribution in [0.2, 0.25) is 0 Å². The lowest BCUT2D eigenvalue weighted by molar-refractivity contribution is -0.139. The number of hydrogen-bond acceptors (Lipinski definition) is 2. The fourth-order valence-corrected chi connectivity index (χ4v) is 1.72. The van der Waals surface area contributed by atoms with Crippen LogP contribution in [-0.2, 0) is 4.79 Å². The minimum Gasteiger partial charge on any atom is -0.481 e. The third-order valence-electron chi connectivity index (χ3n) is 2.00. The van der Waals surface area contributed by atoms with E-state index >= 15 is 0 Å². The summed E-state index contributed by atoms with van der Waals surface area (Å²) in [7, 11) is 0. The first kappa shape index (κ1) is 11.2. The molecule has 76 valence electrons. The molecule has 1 rings (SSSR count). The first-order valence-electron chi connectivity index (χ1n) is 4.48. The second-order valence-corrected chi connectivity index (χ2v) is 4.03. The Kier molecular flexibility index (Phi) is 4.07. The molecule has 3 nitrogen and oxygen atoms in total. The van der Waals surface area contributed by atoms with E-state index in [1.807, 2.05) is 6.92 Å². The summed E-state index contributed by atoms with van der Waals surface area (Å²) in [5, 5.41) is 9.01. The van der Waals surface area contributed by atoms with Crippen molar-refractivity contribution in [2.24, 2.45) is 0 Å². The fraction of sp³-hybridized carbons (Fsp3) is 0.400. The number of halogens is 1. The topological polar surface area (TPSA) is 50.2 Å². The van der Waals surface area contributed by atoms with Crippen LogP contribution in [0.15, 0.2) is 22.9 Å². The average molecular weight is 258 g/mol. The Balaban J connectivity index is 2.93. The summed E-state index contributed by atoms with van der Waals surface area (Å²) in [6, 6.07) is 1.81. The highest BCUT2D eigenvalue weighted by molar-refractivity contribution is 9.10. The van der Waals surface area contributed by atoms with Crippen molar-refractivity contribution in [1.29, 1.82) is 0 Å². The molecule has 14 heavy (non-hydrogen) atoms. The largest absolute Gasteiger partial charge is 0.481 e. The van der Waals surface area contributed by atoms with Crippen LogP contribution in [0.1, 0.15) is 31.2 Å². The van der Waals surface area contributed by atoms with E-state index < -0.39 is 11.9 Å². The van der Waals surface area contributed by atoms with Gasteiger partial charge in [-0.15, -0.1) is 0 Å². The minimum absolute atomic E-state index is 0.440. The second kappa shape index (κ2) is 5.10. The molecule has 1 N–H and O–H groups in total. The van der Waals surface area contributed by atoms with Gasteiger partial charge in [0.2, 0.25) is 0 Å². The first-order valence-corrected chi connectivity index (χ1v) is 5.27. The minimum atomic E-state index is -0.785. The highest BCUT2D eigenvalue weighted by Crippen LogP contribution is 2.23. The summed E-state index contributed by atoms with van der Waals surface area (Å²) in [6.07, 6.45) is 4.75. The lowest BCUT2D eigenvalue weighted by Crippen LogP contribution is -2.11. The number of hydrogen-bond donors (Lipinski definition) is 1. The van der Waals surface area contributed by atoms with Gasteiger partial charge in [-0.1, -0.05) is 13.3 Å². The molecule has 1 atom stereocenters. The van der Waals surface area contributed by atoms with Gasteiger partial charge in [0.1, 0.15) is 0 Å². The van der Waals surface area contributed by atoms with Gasteiger partial charge >= 0.3 is 5.97 Å². The van der Waals surface area contributed by atoms with Crippen LogP contribution >= 0.6 is 15.9 Å². The van der Waals surface area contributed by atoms with Gasteiger partial charge < -0.3 is 5.11 Å². The second-order valence-electron chi connectivity index (χ2n) is 3.12. The number of pyridine rings is 1. The van der Waals surface area contributed by atoms with Crippen molar-refractivity contribution >= 4 is 21.9 Å².